The van der Waals surface area contributed by atoms with Crippen molar-refractivity contribution in [3.05, 3.63) is 0 Å². The number of carbonyl (C=O) groups is 1. The van der Waals surface area contributed by atoms with E-state index in [0.717, 1.165) is 19.4 Å². The largest absolute Gasteiger partial charge is 0.468 e. The van der Waals surface area contributed by atoms with Gasteiger partial charge >= 0.3 is 5.97 Å². The number of ether oxygens (including phenoxy) is 1. The van der Waals surface area contributed by atoms with Crippen molar-refractivity contribution in [3.8, 4) is 0 Å². The fourth-order valence-electron chi connectivity index (χ4n) is 2.10. The Morgan fingerprint density at radius 2 is 2.50 bits per heavy atom. The summed E-state index contributed by atoms with van der Waals surface area (Å²) >= 11 is 0. The number of nitrogens with one attached hydrogen (secondary N) is 1. The molecule has 2 rings (SSSR count). The van der Waals surface area contributed by atoms with Crippen molar-refractivity contribution in [1.29, 1.82) is 0 Å². The van der Waals surface area contributed by atoms with Gasteiger partial charge in [-0.3, -0.25) is 4.79 Å². The molecule has 3 unspecified atom stereocenters. The molecule has 4 heteroatoms. The van der Waals surface area contributed by atoms with Gasteiger partial charge in [0.25, 0.3) is 0 Å². The van der Waals surface area contributed by atoms with E-state index in [9.17, 15) is 4.79 Å². The Morgan fingerprint density at radius 1 is 1.75 bits per heavy atom. The molecule has 0 bridgehead atoms. The van der Waals surface area contributed by atoms with Crippen LogP contribution in [0.2, 0.25) is 0 Å². The van der Waals surface area contributed by atoms with Gasteiger partial charge in [-0.2, -0.15) is 0 Å². The number of carbonyl (C=O) groups excluding carboxylic acids is 1. The second kappa shape index (κ2) is 2.44. The van der Waals surface area contributed by atoms with Gasteiger partial charge < -0.3 is 15.8 Å². The van der Waals surface area contributed by atoms with Gasteiger partial charge in [0.2, 0.25) is 0 Å². The van der Waals surface area contributed by atoms with Gasteiger partial charge in [-0.1, -0.05) is 0 Å². The summed E-state index contributed by atoms with van der Waals surface area (Å²) in [5.74, 6) is 0.285. The van der Waals surface area contributed by atoms with Crippen molar-refractivity contribution in [2.24, 2.45) is 11.7 Å². The van der Waals surface area contributed by atoms with Crippen LogP contribution in [0.1, 0.15) is 12.8 Å². The van der Waals surface area contributed by atoms with Crippen LogP contribution >= 0.6 is 0 Å². The van der Waals surface area contributed by atoms with E-state index in [4.69, 9.17) is 10.5 Å². The molecule has 3 atom stereocenters. The molecule has 0 amide bonds. The molecule has 1 aliphatic carbocycles. The lowest BCUT2D eigenvalue weighted by Gasteiger charge is -2.25. The molecule has 1 saturated carbocycles. The van der Waals surface area contributed by atoms with Crippen LogP contribution in [0.3, 0.4) is 0 Å². The topological polar surface area (TPSA) is 64.3 Å². The average Bonchev–Trinajstić information content (AvgIpc) is 2.78. The van der Waals surface area contributed by atoms with Gasteiger partial charge in [0.15, 0.2) is 0 Å². The Bertz CT molecular complexity index is 219. The molecule has 0 aromatic heterocycles. The smallest absolute Gasteiger partial charge is 0.326 e. The van der Waals surface area contributed by atoms with Gasteiger partial charge in [0.05, 0.1) is 7.11 Å². The van der Waals surface area contributed by atoms with Crippen LogP contribution in [0.4, 0.5) is 0 Å². The Morgan fingerprint density at radius 3 is 3.08 bits per heavy atom. The molecule has 0 spiro atoms. The zero-order valence-electron chi connectivity index (χ0n) is 7.17. The van der Waals surface area contributed by atoms with Crippen molar-refractivity contribution in [3.63, 3.8) is 0 Å². The van der Waals surface area contributed by atoms with E-state index >= 15 is 0 Å². The molecule has 68 valence electrons. The number of hydrogen-bond acceptors (Lipinski definition) is 4. The van der Waals surface area contributed by atoms with Crippen molar-refractivity contribution in [2.75, 3.05) is 13.7 Å². The lowest BCUT2D eigenvalue weighted by Crippen LogP contribution is -2.51. The fourth-order valence-corrected chi connectivity index (χ4v) is 2.10. The van der Waals surface area contributed by atoms with Gasteiger partial charge in [0, 0.05) is 12.6 Å². The maximum atomic E-state index is 11.3. The van der Waals surface area contributed by atoms with Crippen LogP contribution < -0.4 is 11.1 Å². The first-order valence-corrected chi connectivity index (χ1v) is 4.28. The van der Waals surface area contributed by atoms with E-state index in [2.05, 4.69) is 5.32 Å². The van der Waals surface area contributed by atoms with E-state index < -0.39 is 0 Å². The fraction of sp³-hybridized carbons (Fsp3) is 0.875. The first-order valence-electron chi connectivity index (χ1n) is 4.28. The maximum absolute atomic E-state index is 11.3. The lowest BCUT2D eigenvalue weighted by molar-refractivity contribution is -0.145. The zero-order valence-corrected chi connectivity index (χ0v) is 7.17. The minimum Gasteiger partial charge on any atom is -0.468 e. The van der Waals surface area contributed by atoms with E-state index in [1.54, 1.807) is 0 Å². The van der Waals surface area contributed by atoms with Crippen LogP contribution in [0, 0.1) is 5.92 Å². The number of methoxy groups -OCH3 is 1. The third-order valence-corrected chi connectivity index (χ3v) is 2.92. The monoisotopic (exact) mass is 170 g/mol. The summed E-state index contributed by atoms with van der Waals surface area (Å²) in [5, 5.41) is 3.17. The minimum atomic E-state index is -0.357. The summed E-state index contributed by atoms with van der Waals surface area (Å²) in [6, 6.07) is 0.204. The molecule has 1 aliphatic heterocycles. The van der Waals surface area contributed by atoms with Gasteiger partial charge in [-0.15, -0.1) is 0 Å². The van der Waals surface area contributed by atoms with Crippen molar-refractivity contribution in [1.82, 2.24) is 5.32 Å². The molecule has 3 N–H and O–H groups in total. The van der Waals surface area contributed by atoms with Crippen LogP contribution in [-0.2, 0) is 9.53 Å². The molecule has 1 heterocycles. The summed E-state index contributed by atoms with van der Waals surface area (Å²) < 4.78 is 4.73. The molecule has 0 aromatic rings. The molecule has 2 fully saturated rings. The predicted octanol–water partition coefficient (Wildman–Crippen LogP) is -0.761. The second-order valence-electron chi connectivity index (χ2n) is 3.74. The van der Waals surface area contributed by atoms with Gasteiger partial charge in [0.1, 0.15) is 5.54 Å². The van der Waals surface area contributed by atoms with Crippen molar-refractivity contribution < 1.29 is 9.53 Å². The highest BCUT2D eigenvalue weighted by molar-refractivity contribution is 5.85. The molecule has 0 radical (unpaired) electrons. The number of nitrogens with two attached hydrogens (primary N) is 1. The highest BCUT2D eigenvalue weighted by Gasteiger charge is 2.62. The number of hydrogen-bond donors (Lipinski definition) is 2. The molecule has 1 saturated heterocycles. The van der Waals surface area contributed by atoms with Crippen LogP contribution in [0.25, 0.3) is 0 Å². The summed E-state index contributed by atoms with van der Waals surface area (Å²) in [7, 11) is 1.43. The van der Waals surface area contributed by atoms with Crippen LogP contribution in [-0.4, -0.2) is 31.2 Å². The summed E-state index contributed by atoms with van der Waals surface area (Å²) in [5.41, 5.74) is 5.38. The minimum absolute atomic E-state index is 0.126. The summed E-state index contributed by atoms with van der Waals surface area (Å²) in [6.07, 6.45) is 1.84. The zero-order chi connectivity index (χ0) is 8.77. The first-order chi connectivity index (χ1) is 5.69. The summed E-state index contributed by atoms with van der Waals surface area (Å²) in [6.45, 7) is 0.728. The Hall–Kier alpha value is -0.610. The third-order valence-electron chi connectivity index (χ3n) is 2.92. The van der Waals surface area contributed by atoms with Crippen molar-refractivity contribution >= 4 is 5.97 Å². The number of rotatable bonds is 1. The van der Waals surface area contributed by atoms with Crippen LogP contribution in [0.15, 0.2) is 0 Å². The summed E-state index contributed by atoms with van der Waals surface area (Å²) in [4.78, 5) is 11.3. The Labute approximate surface area is 71.4 Å². The number of esters is 1. The number of piperidine rings is 1. The van der Waals surface area contributed by atoms with Gasteiger partial charge in [-0.25, -0.2) is 0 Å². The highest BCUT2D eigenvalue weighted by Crippen LogP contribution is 2.49. The molecular formula is C8H14N2O2. The molecule has 4 nitrogen and oxygen atoms in total. The predicted molar refractivity (Wildman–Crippen MR) is 43.4 cm³/mol. The van der Waals surface area contributed by atoms with Crippen molar-refractivity contribution in [2.45, 2.75) is 24.4 Å². The number of fused-ring (bicyclic) bond motifs is 1. The third kappa shape index (κ3) is 0.949. The van der Waals surface area contributed by atoms with E-state index in [1.807, 2.05) is 0 Å². The van der Waals surface area contributed by atoms with Crippen LogP contribution in [0.5, 0.6) is 0 Å². The van der Waals surface area contributed by atoms with E-state index in [-0.39, 0.29) is 17.6 Å². The highest BCUT2D eigenvalue weighted by atomic mass is 16.5. The molecule has 0 aromatic carbocycles. The standard InChI is InChI=1S/C8H14N2O2/c1-12-7(11)8-3-5(8)2-6(9)4-10-8/h5-6,10H,2-4,9H2,1H3. The second-order valence-corrected chi connectivity index (χ2v) is 3.74. The Balaban J connectivity index is 2.04. The van der Waals surface area contributed by atoms with E-state index in [0.29, 0.717) is 5.92 Å². The van der Waals surface area contributed by atoms with Gasteiger partial charge in [-0.05, 0) is 18.8 Å². The lowest BCUT2D eigenvalue weighted by atomic mass is 10.0. The normalized spacial score (nSPS) is 44.8. The SMILES string of the molecule is COC(=O)C12CC1CC(N)CN2. The van der Waals surface area contributed by atoms with E-state index in [1.165, 1.54) is 7.11 Å². The first kappa shape index (κ1) is 8.01. The molecule has 2 aliphatic rings. The molecule has 12 heavy (non-hydrogen) atoms. The quantitative estimate of drug-likeness (QED) is 0.508. The Kier molecular flexibility index (Phi) is 1.63. The average molecular weight is 170 g/mol. The molecular weight excluding hydrogens is 156 g/mol. The maximum Gasteiger partial charge on any atom is 0.326 e.